The summed E-state index contributed by atoms with van der Waals surface area (Å²) < 4.78 is 29.0. The fourth-order valence-corrected chi connectivity index (χ4v) is 6.67. The van der Waals surface area contributed by atoms with Gasteiger partial charge in [0, 0.05) is 32.1 Å². The molecule has 0 unspecified atom stereocenters. The van der Waals surface area contributed by atoms with Gasteiger partial charge in [0.15, 0.2) is 5.82 Å². The quantitative estimate of drug-likeness (QED) is 0.350. The summed E-state index contributed by atoms with van der Waals surface area (Å²) in [6.07, 6.45) is 9.50. The monoisotopic (exact) mass is 625 g/mol. The molecule has 2 fully saturated rings. The number of fused-ring (bicyclic) bond motifs is 1. The molecule has 1 saturated heterocycles. The van der Waals surface area contributed by atoms with Crippen LogP contribution in [0.15, 0.2) is 29.9 Å². The van der Waals surface area contributed by atoms with Crippen molar-refractivity contribution in [1.29, 1.82) is 0 Å². The average molecular weight is 626 g/mol. The molecule has 10 nitrogen and oxygen atoms in total. The topological polar surface area (TPSA) is 110 Å². The predicted octanol–water partition coefficient (Wildman–Crippen LogP) is 5.52. The fourth-order valence-electron chi connectivity index (χ4n) is 6.67. The van der Waals surface area contributed by atoms with E-state index in [0.29, 0.717) is 37.0 Å². The Morgan fingerprint density at radius 2 is 1.80 bits per heavy atom. The van der Waals surface area contributed by atoms with Crippen molar-refractivity contribution in [1.82, 2.24) is 24.8 Å². The first-order valence-electron chi connectivity index (χ1n) is 16.5. The van der Waals surface area contributed by atoms with Crippen molar-refractivity contribution in [2.45, 2.75) is 96.5 Å². The number of benzene rings is 1. The molecule has 1 aliphatic carbocycles. The maximum absolute atomic E-state index is 15.2. The first-order chi connectivity index (χ1) is 21.6. The van der Waals surface area contributed by atoms with Crippen molar-refractivity contribution in [2.75, 3.05) is 33.2 Å². The van der Waals surface area contributed by atoms with Crippen LogP contribution in [0.3, 0.4) is 0 Å². The third-order valence-corrected chi connectivity index (χ3v) is 9.57. The summed E-state index contributed by atoms with van der Waals surface area (Å²) in [5.74, 6) is -1.29. The van der Waals surface area contributed by atoms with Crippen molar-refractivity contribution in [3.63, 3.8) is 0 Å². The molecule has 2 aromatic rings. The first-order valence-corrected chi connectivity index (χ1v) is 16.5. The number of esters is 1. The van der Waals surface area contributed by atoms with Crippen LogP contribution in [-0.4, -0.2) is 93.5 Å². The predicted molar refractivity (Wildman–Crippen MR) is 170 cm³/mol. The summed E-state index contributed by atoms with van der Waals surface area (Å²) in [7, 11) is 2.03. The summed E-state index contributed by atoms with van der Waals surface area (Å²) in [5.41, 5.74) is 2.26. The second kappa shape index (κ2) is 14.9. The minimum absolute atomic E-state index is 0.0672. The summed E-state index contributed by atoms with van der Waals surface area (Å²) in [6.45, 7) is 8.60. The van der Waals surface area contributed by atoms with Crippen LogP contribution in [-0.2, 0) is 14.3 Å². The second-order valence-corrected chi connectivity index (χ2v) is 13.3. The Bertz CT molecular complexity index is 1390. The van der Waals surface area contributed by atoms with Crippen molar-refractivity contribution < 1.29 is 28.6 Å². The van der Waals surface area contributed by atoms with E-state index >= 15 is 4.39 Å². The molecule has 1 aromatic heterocycles. The molecule has 1 amide bonds. The number of halogens is 1. The van der Waals surface area contributed by atoms with Crippen LogP contribution in [0, 0.1) is 17.7 Å². The Kier molecular flexibility index (Phi) is 10.9. The number of aromatic nitrogens is 3. The van der Waals surface area contributed by atoms with Gasteiger partial charge < -0.3 is 24.4 Å². The molecule has 1 N–H and O–H groups in total. The highest BCUT2D eigenvalue weighted by molar-refractivity contribution is 5.79. The average Bonchev–Trinajstić information content (AvgIpc) is 3.45. The molecule has 1 saturated carbocycles. The number of carbonyl (C=O) groups excluding carboxylic acids is 2. The first kappa shape index (κ1) is 33.1. The normalized spacial score (nSPS) is 29.1. The molecule has 3 aliphatic rings. The number of cyclic esters (lactones) is 1. The Balaban J connectivity index is 1.40. The molecule has 246 valence electrons. The van der Waals surface area contributed by atoms with Crippen LogP contribution >= 0.6 is 0 Å². The zero-order valence-corrected chi connectivity index (χ0v) is 27.0. The molecule has 45 heavy (non-hydrogen) atoms. The van der Waals surface area contributed by atoms with E-state index in [4.69, 9.17) is 9.47 Å². The van der Waals surface area contributed by atoms with Gasteiger partial charge in [0.1, 0.15) is 17.7 Å². The largest absolute Gasteiger partial charge is 0.457 e. The molecule has 0 radical (unpaired) electrons. The molecular weight excluding hydrogens is 577 g/mol. The lowest BCUT2D eigenvalue weighted by molar-refractivity contribution is -0.151. The summed E-state index contributed by atoms with van der Waals surface area (Å²) >= 11 is 0. The maximum atomic E-state index is 15.2. The Labute approximate surface area is 265 Å². The number of carbonyl (C=O) groups is 2. The highest BCUT2D eigenvalue weighted by atomic mass is 19.1. The zero-order valence-electron chi connectivity index (χ0n) is 27.0. The number of aliphatic hydroxyl groups is 1. The third kappa shape index (κ3) is 8.30. The van der Waals surface area contributed by atoms with E-state index in [0.717, 1.165) is 44.3 Å². The number of likely N-dealkylation sites (N-methyl/N-ethyl adjacent to an activating group) is 1. The Hall–Kier alpha value is -3.31. The molecule has 1 aromatic carbocycles. The summed E-state index contributed by atoms with van der Waals surface area (Å²) in [5, 5.41) is 19.1. The van der Waals surface area contributed by atoms with Gasteiger partial charge in [0.25, 0.3) is 0 Å². The number of amides is 1. The number of piperazine rings is 1. The van der Waals surface area contributed by atoms with Crippen LogP contribution < -0.4 is 0 Å². The van der Waals surface area contributed by atoms with Gasteiger partial charge in [-0.25, -0.2) is 13.9 Å². The van der Waals surface area contributed by atoms with E-state index in [1.807, 2.05) is 56.8 Å². The minimum atomic E-state index is -0.873. The number of hydrogen-bond acceptors (Lipinski definition) is 8. The smallest absolute Gasteiger partial charge is 0.410 e. The van der Waals surface area contributed by atoms with Gasteiger partial charge in [-0.2, -0.15) is 0 Å². The van der Waals surface area contributed by atoms with Crippen molar-refractivity contribution in [2.24, 2.45) is 11.8 Å². The van der Waals surface area contributed by atoms with Crippen molar-refractivity contribution >= 4 is 29.2 Å². The summed E-state index contributed by atoms with van der Waals surface area (Å²) in [4.78, 5) is 29.9. The van der Waals surface area contributed by atoms with Gasteiger partial charge in [-0.3, -0.25) is 4.79 Å². The molecule has 5 rings (SSSR count). The van der Waals surface area contributed by atoms with E-state index in [1.165, 1.54) is 12.5 Å². The summed E-state index contributed by atoms with van der Waals surface area (Å²) in [6, 6.07) is 3.53. The zero-order chi connectivity index (χ0) is 32.1. The van der Waals surface area contributed by atoms with E-state index in [-0.39, 0.29) is 35.9 Å². The number of aliphatic hydroxyl groups excluding tert-OH is 1. The van der Waals surface area contributed by atoms with Gasteiger partial charge in [-0.1, -0.05) is 50.5 Å². The number of hydrogen-bond donors (Lipinski definition) is 1. The molecule has 3 heterocycles. The lowest BCUT2D eigenvalue weighted by atomic mass is 9.91. The van der Waals surface area contributed by atoms with Crippen LogP contribution in [0.1, 0.15) is 83.7 Å². The fraction of sp³-hybridized carbons (Fsp3) is 0.647. The molecule has 2 aliphatic heterocycles. The molecule has 0 spiro atoms. The van der Waals surface area contributed by atoms with Crippen molar-refractivity contribution in [3.8, 4) is 0 Å². The van der Waals surface area contributed by atoms with E-state index in [2.05, 4.69) is 15.2 Å². The molecule has 0 bridgehead atoms. The standard InChI is InChI=1S/C34H48FN5O5/c1-22-10-12-27(41)21-31(42)45-33(23(2)11-13-30(22)44-34(43)39-16-14-38(4)15-17-39)24(3)18-25-19-28(35)32-29(20-25)40(37-36-32)26-8-6-5-7-9-26/h11,13,18-20,22-23,26-27,30,33,41H,5-10,12,14-17,21H2,1-4H3/b13-11+,24-18+/t22-,23-,27+,30-,33-/m0/s1. The van der Waals surface area contributed by atoms with Crippen LogP contribution in [0.4, 0.5) is 9.18 Å². The SMILES string of the molecule is C/C(=C\c1cc(F)c2nnn(C3CCCCC3)c2c1)[C@H]1OC(=O)C[C@H](O)CC[C@H](C)[C@@H](OC(=O)N2CCN(C)CC2)/C=C/[C@@H]1C. The van der Waals surface area contributed by atoms with Crippen LogP contribution in [0.25, 0.3) is 17.1 Å². The van der Waals surface area contributed by atoms with Gasteiger partial charge in [-0.15, -0.1) is 5.10 Å². The minimum Gasteiger partial charge on any atom is -0.457 e. The lowest BCUT2D eigenvalue weighted by Crippen LogP contribution is -2.48. The highest BCUT2D eigenvalue weighted by Gasteiger charge is 2.29. The van der Waals surface area contributed by atoms with E-state index in [1.54, 1.807) is 4.90 Å². The Morgan fingerprint density at radius 1 is 1.07 bits per heavy atom. The second-order valence-electron chi connectivity index (χ2n) is 13.3. The van der Waals surface area contributed by atoms with Gasteiger partial charge >= 0.3 is 12.1 Å². The van der Waals surface area contributed by atoms with E-state index in [9.17, 15) is 14.7 Å². The molecule has 11 heteroatoms. The number of nitrogens with zero attached hydrogens (tertiary/aromatic N) is 5. The van der Waals surface area contributed by atoms with E-state index < -0.39 is 30.1 Å². The number of ether oxygens (including phenoxy) is 2. The van der Waals surface area contributed by atoms with Gasteiger partial charge in [0.05, 0.1) is 24.1 Å². The van der Waals surface area contributed by atoms with Gasteiger partial charge in [-0.05, 0) is 74.9 Å². The molecule has 5 atom stereocenters. The number of rotatable bonds is 4. The molecular formula is C34H48FN5O5. The van der Waals surface area contributed by atoms with Gasteiger partial charge in [0.2, 0.25) is 0 Å². The maximum Gasteiger partial charge on any atom is 0.410 e. The van der Waals surface area contributed by atoms with Crippen LogP contribution in [0.2, 0.25) is 0 Å². The third-order valence-electron chi connectivity index (χ3n) is 9.57. The Morgan fingerprint density at radius 3 is 2.53 bits per heavy atom. The van der Waals surface area contributed by atoms with Crippen molar-refractivity contribution in [3.05, 3.63) is 41.2 Å². The lowest BCUT2D eigenvalue weighted by Gasteiger charge is -2.33. The van der Waals surface area contributed by atoms with Crippen LogP contribution in [0.5, 0.6) is 0 Å². The highest BCUT2D eigenvalue weighted by Crippen LogP contribution is 2.32.